The Labute approximate surface area is 97.7 Å². The number of carboxylic acid groups (broad SMARTS) is 1. The monoisotopic (exact) mass is 242 g/mol. The highest BCUT2D eigenvalue weighted by atomic mass is 35.5. The van der Waals surface area contributed by atoms with Gasteiger partial charge in [-0.2, -0.15) is 0 Å². The third kappa shape index (κ3) is 1.91. The lowest BCUT2D eigenvalue weighted by atomic mass is 10.1. The van der Waals surface area contributed by atoms with Crippen molar-refractivity contribution in [3.8, 4) is 0 Å². The number of carboxylic acids is 1. The second-order valence-electron chi connectivity index (χ2n) is 3.45. The van der Waals surface area contributed by atoms with Gasteiger partial charge in [-0.1, -0.05) is 41.9 Å². The maximum atomic E-state index is 11.3. The molecule has 0 amide bonds. The summed E-state index contributed by atoms with van der Waals surface area (Å²) in [5, 5.41) is 9.25. The van der Waals surface area contributed by atoms with Gasteiger partial charge < -0.3 is 14.6 Å². The van der Waals surface area contributed by atoms with E-state index >= 15 is 0 Å². The number of carbonyl (C=O) groups is 1. The number of benzene rings is 1. The second kappa shape index (κ2) is 4.41. The van der Waals surface area contributed by atoms with Gasteiger partial charge in [-0.25, -0.2) is 4.79 Å². The molecule has 1 aliphatic rings. The molecule has 1 fully saturated rings. The van der Waals surface area contributed by atoms with Crippen molar-refractivity contribution in [1.82, 2.24) is 0 Å². The highest BCUT2D eigenvalue weighted by Gasteiger charge is 2.47. The zero-order valence-corrected chi connectivity index (χ0v) is 9.18. The average molecular weight is 243 g/mol. The molecule has 1 aromatic rings. The van der Waals surface area contributed by atoms with Gasteiger partial charge in [-0.05, 0) is 0 Å². The highest BCUT2D eigenvalue weighted by molar-refractivity contribution is 6.19. The Kier molecular flexibility index (Phi) is 3.14. The van der Waals surface area contributed by atoms with E-state index < -0.39 is 17.3 Å². The van der Waals surface area contributed by atoms with Crippen molar-refractivity contribution >= 4 is 17.6 Å². The number of hydrogen-bond acceptors (Lipinski definition) is 3. The molecular weight excluding hydrogens is 232 g/mol. The molecule has 1 heterocycles. The van der Waals surface area contributed by atoms with Gasteiger partial charge in [0.05, 0.1) is 6.61 Å². The molecule has 2 unspecified atom stereocenters. The summed E-state index contributed by atoms with van der Waals surface area (Å²) in [5.41, 5.74) is -0.210. The molecule has 2 rings (SSSR count). The van der Waals surface area contributed by atoms with Crippen molar-refractivity contribution in [2.75, 3.05) is 6.61 Å². The van der Waals surface area contributed by atoms with Crippen molar-refractivity contribution in [2.24, 2.45) is 0 Å². The van der Waals surface area contributed by atoms with Crippen molar-refractivity contribution in [2.45, 2.75) is 17.8 Å². The summed E-state index contributed by atoms with van der Waals surface area (Å²) in [4.78, 5) is 11.3. The van der Waals surface area contributed by atoms with Crippen LogP contribution in [0, 0.1) is 0 Å². The number of hydrogen-bond donors (Lipinski definition) is 1. The number of ether oxygens (including phenoxy) is 2. The van der Waals surface area contributed by atoms with Crippen LogP contribution < -0.4 is 0 Å². The van der Waals surface area contributed by atoms with Gasteiger partial charge in [-0.3, -0.25) is 0 Å². The van der Waals surface area contributed by atoms with Crippen LogP contribution in [0.1, 0.15) is 12.0 Å². The number of rotatable bonds is 2. The fourth-order valence-electron chi connectivity index (χ4n) is 1.61. The molecule has 0 aromatic heterocycles. The van der Waals surface area contributed by atoms with Gasteiger partial charge >= 0.3 is 5.97 Å². The quantitative estimate of drug-likeness (QED) is 0.805. The molecule has 1 aromatic carbocycles. The minimum absolute atomic E-state index is 0.259. The topological polar surface area (TPSA) is 55.8 Å². The molecule has 0 spiro atoms. The minimum Gasteiger partial charge on any atom is -0.477 e. The van der Waals surface area contributed by atoms with Crippen molar-refractivity contribution in [3.05, 3.63) is 35.9 Å². The van der Waals surface area contributed by atoms with Crippen LogP contribution in [0.15, 0.2) is 30.3 Å². The van der Waals surface area contributed by atoms with Crippen molar-refractivity contribution < 1.29 is 19.4 Å². The van der Waals surface area contributed by atoms with Crippen molar-refractivity contribution in [3.63, 3.8) is 0 Å². The third-order valence-electron chi connectivity index (χ3n) is 2.38. The molecule has 16 heavy (non-hydrogen) atoms. The van der Waals surface area contributed by atoms with Gasteiger partial charge in [0.1, 0.15) is 5.56 Å². The van der Waals surface area contributed by atoms with E-state index in [1.807, 2.05) is 0 Å². The van der Waals surface area contributed by atoms with Crippen LogP contribution in [0.3, 0.4) is 0 Å². The molecule has 2 atom stereocenters. The lowest BCUT2D eigenvalue weighted by Crippen LogP contribution is -2.47. The third-order valence-corrected chi connectivity index (χ3v) is 2.69. The maximum absolute atomic E-state index is 11.3. The van der Waals surface area contributed by atoms with Crippen LogP contribution in [0.4, 0.5) is 0 Å². The summed E-state index contributed by atoms with van der Waals surface area (Å²) < 4.78 is 10.5. The Morgan fingerprint density at radius 1 is 1.44 bits per heavy atom. The fraction of sp³-hybridized carbons (Fsp3) is 0.364. The van der Waals surface area contributed by atoms with Crippen LogP contribution in [0.5, 0.6) is 0 Å². The molecule has 4 nitrogen and oxygen atoms in total. The first-order chi connectivity index (χ1) is 7.65. The molecule has 86 valence electrons. The van der Waals surface area contributed by atoms with E-state index in [2.05, 4.69) is 0 Å². The summed E-state index contributed by atoms with van der Waals surface area (Å²) in [6.45, 7) is 0.259. The van der Waals surface area contributed by atoms with Gasteiger partial charge in [0, 0.05) is 12.0 Å². The summed E-state index contributed by atoms with van der Waals surface area (Å²) in [6, 6.07) is 8.53. The summed E-state index contributed by atoms with van der Waals surface area (Å²) in [7, 11) is 0. The number of alkyl halides is 1. The van der Waals surface area contributed by atoms with Crippen LogP contribution in [0.25, 0.3) is 0 Å². The summed E-state index contributed by atoms with van der Waals surface area (Å²) in [5.74, 6) is -2.96. The standard InChI is InChI=1S/C11H11ClO4/c12-9-6-7-15-11(16-9,10(13)14)8-4-2-1-3-5-8/h1-5,9H,6-7H2,(H,13,14). The predicted molar refractivity (Wildman–Crippen MR) is 57.1 cm³/mol. The Morgan fingerprint density at radius 2 is 2.12 bits per heavy atom. The van der Waals surface area contributed by atoms with E-state index in [4.69, 9.17) is 21.1 Å². The normalized spacial score (nSPS) is 29.9. The molecule has 0 bridgehead atoms. The smallest absolute Gasteiger partial charge is 0.369 e. The number of aliphatic carboxylic acids is 1. The van der Waals surface area contributed by atoms with Crippen LogP contribution >= 0.6 is 11.6 Å². The van der Waals surface area contributed by atoms with Gasteiger partial charge in [0.15, 0.2) is 0 Å². The first-order valence-electron chi connectivity index (χ1n) is 4.90. The van der Waals surface area contributed by atoms with Gasteiger partial charge in [0.2, 0.25) is 0 Å². The maximum Gasteiger partial charge on any atom is 0.369 e. The highest BCUT2D eigenvalue weighted by Crippen LogP contribution is 2.34. The number of halogens is 1. The first kappa shape index (κ1) is 11.4. The molecule has 1 saturated heterocycles. The largest absolute Gasteiger partial charge is 0.477 e. The Bertz CT molecular complexity index is 381. The lowest BCUT2D eigenvalue weighted by molar-refractivity contribution is -0.281. The van der Waals surface area contributed by atoms with Crippen LogP contribution in [0.2, 0.25) is 0 Å². The van der Waals surface area contributed by atoms with E-state index in [0.29, 0.717) is 12.0 Å². The predicted octanol–water partition coefficient (Wildman–Crippen LogP) is 1.93. The van der Waals surface area contributed by atoms with E-state index in [9.17, 15) is 9.90 Å². The van der Waals surface area contributed by atoms with Gasteiger partial charge in [0.25, 0.3) is 5.79 Å². The zero-order chi connectivity index (χ0) is 11.6. The molecule has 0 aliphatic carbocycles. The molecule has 1 N–H and O–H groups in total. The Morgan fingerprint density at radius 3 is 2.69 bits per heavy atom. The second-order valence-corrected chi connectivity index (χ2v) is 3.94. The van der Waals surface area contributed by atoms with E-state index in [0.717, 1.165) is 0 Å². The van der Waals surface area contributed by atoms with Gasteiger partial charge in [-0.15, -0.1) is 0 Å². The minimum atomic E-state index is -1.77. The SMILES string of the molecule is O=C(O)C1(c2ccccc2)OCCC(Cl)O1. The fourth-order valence-corrected chi connectivity index (χ4v) is 1.83. The first-order valence-corrected chi connectivity index (χ1v) is 5.33. The lowest BCUT2D eigenvalue weighted by Gasteiger charge is -2.35. The Hall–Kier alpha value is -1.10. The molecule has 1 aliphatic heterocycles. The zero-order valence-electron chi connectivity index (χ0n) is 8.43. The average Bonchev–Trinajstić information content (AvgIpc) is 2.30. The molecular formula is C11H11ClO4. The van der Waals surface area contributed by atoms with Crippen LogP contribution in [-0.4, -0.2) is 23.2 Å². The summed E-state index contributed by atoms with van der Waals surface area (Å²) >= 11 is 5.83. The van der Waals surface area contributed by atoms with Crippen molar-refractivity contribution in [1.29, 1.82) is 0 Å². The Balaban J connectivity index is 2.39. The van der Waals surface area contributed by atoms with E-state index in [1.165, 1.54) is 0 Å². The van der Waals surface area contributed by atoms with Crippen LogP contribution in [-0.2, 0) is 20.1 Å². The molecule has 0 saturated carbocycles. The molecule has 5 heteroatoms. The molecule has 0 radical (unpaired) electrons. The van der Waals surface area contributed by atoms with E-state index in [-0.39, 0.29) is 6.61 Å². The van der Waals surface area contributed by atoms with E-state index in [1.54, 1.807) is 30.3 Å². The summed E-state index contributed by atoms with van der Waals surface area (Å²) in [6.07, 6.45) is 0.476.